The highest BCUT2D eigenvalue weighted by Crippen LogP contribution is 2.19. The molecule has 3 nitrogen and oxygen atoms in total. The van der Waals surface area contributed by atoms with Gasteiger partial charge in [0.15, 0.2) is 6.54 Å². The number of amides is 1. The second-order valence-electron chi connectivity index (χ2n) is 5.72. The Hall–Kier alpha value is -1.13. The highest BCUT2D eigenvalue weighted by molar-refractivity contribution is 6.31. The van der Waals surface area contributed by atoms with E-state index in [1.165, 1.54) is 63.1 Å². The van der Waals surface area contributed by atoms with Crippen molar-refractivity contribution in [2.24, 2.45) is 0 Å². The van der Waals surface area contributed by atoms with Crippen LogP contribution in [-0.4, -0.2) is 18.5 Å². The van der Waals surface area contributed by atoms with Crippen LogP contribution in [0.15, 0.2) is 18.2 Å². The fourth-order valence-electron chi connectivity index (χ4n) is 2.78. The molecular weight excluding hydrogens is 291 g/mol. The number of quaternary nitrogens is 1. The topological polar surface area (TPSA) is 45.7 Å². The van der Waals surface area contributed by atoms with Crippen LogP contribution >= 0.6 is 11.6 Å². The number of carbonyl (C=O) groups is 1. The molecule has 1 aliphatic rings. The molecule has 1 saturated carbocycles. The average Bonchev–Trinajstić information content (AvgIpc) is 2.42. The van der Waals surface area contributed by atoms with Crippen LogP contribution in [0.4, 0.5) is 10.1 Å². The number of nitrogens with two attached hydrogens (primary N) is 1. The highest BCUT2D eigenvalue weighted by Gasteiger charge is 2.15. The molecule has 1 aromatic rings. The number of anilines is 1. The van der Waals surface area contributed by atoms with Crippen LogP contribution in [0.1, 0.15) is 44.9 Å². The van der Waals surface area contributed by atoms with E-state index < -0.39 is 5.82 Å². The Kier molecular flexibility index (Phi) is 6.46. The molecule has 0 bridgehead atoms. The van der Waals surface area contributed by atoms with Gasteiger partial charge in [-0.1, -0.05) is 30.9 Å². The molecule has 0 aromatic heterocycles. The zero-order valence-electron chi connectivity index (χ0n) is 12.2. The van der Waals surface area contributed by atoms with E-state index in [2.05, 4.69) is 10.6 Å². The maximum atomic E-state index is 13.0. The molecule has 1 amide bonds. The lowest BCUT2D eigenvalue weighted by Gasteiger charge is -2.18. The third-order valence-electron chi connectivity index (χ3n) is 3.99. The lowest BCUT2D eigenvalue weighted by Crippen LogP contribution is -2.91. The van der Waals surface area contributed by atoms with Gasteiger partial charge < -0.3 is 10.6 Å². The number of nitrogens with one attached hydrogen (secondary N) is 1. The first kappa shape index (κ1) is 16.2. The summed E-state index contributed by atoms with van der Waals surface area (Å²) in [4.78, 5) is 11.9. The summed E-state index contributed by atoms with van der Waals surface area (Å²) in [5, 5.41) is 4.91. The molecule has 1 aromatic carbocycles. The smallest absolute Gasteiger partial charge is 0.279 e. The quantitative estimate of drug-likeness (QED) is 0.881. The fourth-order valence-corrected chi connectivity index (χ4v) is 2.96. The van der Waals surface area contributed by atoms with Crippen molar-refractivity contribution < 1.29 is 14.5 Å². The average molecular weight is 314 g/mol. The van der Waals surface area contributed by atoms with Gasteiger partial charge in [-0.25, -0.2) is 4.39 Å². The Morgan fingerprint density at radius 2 is 1.90 bits per heavy atom. The summed E-state index contributed by atoms with van der Waals surface area (Å²) in [7, 11) is 0. The Morgan fingerprint density at radius 1 is 1.24 bits per heavy atom. The number of halogens is 2. The second kappa shape index (κ2) is 8.35. The van der Waals surface area contributed by atoms with Crippen LogP contribution in [0, 0.1) is 5.82 Å². The third kappa shape index (κ3) is 5.64. The molecule has 116 valence electrons. The number of hydrogen-bond acceptors (Lipinski definition) is 1. The first-order chi connectivity index (χ1) is 10.1. The SMILES string of the molecule is O=C(C[NH2+]C1CCCCCCC1)Nc1ccc(F)c(Cl)c1. The molecule has 1 aliphatic carbocycles. The fraction of sp³-hybridized carbons (Fsp3) is 0.562. The molecule has 0 unspecified atom stereocenters. The summed E-state index contributed by atoms with van der Waals surface area (Å²) >= 11 is 5.70. The summed E-state index contributed by atoms with van der Waals surface area (Å²) in [6.07, 6.45) is 8.87. The number of hydrogen-bond donors (Lipinski definition) is 2. The molecule has 0 radical (unpaired) electrons. The van der Waals surface area contributed by atoms with E-state index in [-0.39, 0.29) is 10.9 Å². The zero-order valence-corrected chi connectivity index (χ0v) is 13.0. The monoisotopic (exact) mass is 313 g/mol. The van der Waals surface area contributed by atoms with Crippen molar-refractivity contribution in [2.75, 3.05) is 11.9 Å². The van der Waals surface area contributed by atoms with Crippen molar-refractivity contribution in [3.05, 3.63) is 29.0 Å². The van der Waals surface area contributed by atoms with Gasteiger partial charge in [-0.15, -0.1) is 0 Å². The molecule has 3 N–H and O–H groups in total. The maximum absolute atomic E-state index is 13.0. The zero-order chi connectivity index (χ0) is 15.1. The Labute approximate surface area is 130 Å². The number of carbonyl (C=O) groups excluding carboxylic acids is 1. The first-order valence-corrected chi connectivity index (χ1v) is 8.11. The van der Waals surface area contributed by atoms with Gasteiger partial charge in [0.05, 0.1) is 11.1 Å². The normalized spacial score (nSPS) is 17.0. The minimum Gasteiger partial charge on any atom is -0.336 e. The lowest BCUT2D eigenvalue weighted by atomic mass is 9.97. The molecule has 0 spiro atoms. The van der Waals surface area contributed by atoms with Crippen LogP contribution in [0.5, 0.6) is 0 Å². The Morgan fingerprint density at radius 3 is 2.57 bits per heavy atom. The van der Waals surface area contributed by atoms with Gasteiger partial charge in [0.1, 0.15) is 5.82 Å². The minimum atomic E-state index is -0.476. The standard InChI is InChI=1S/C16H22ClFN2O/c17-14-10-13(8-9-15(14)18)20-16(21)11-19-12-6-4-2-1-3-5-7-12/h8-10,12,19H,1-7,11H2,(H,20,21)/p+1. The predicted octanol–water partition coefficient (Wildman–Crippen LogP) is 3.09. The molecule has 0 heterocycles. The van der Waals surface area contributed by atoms with Gasteiger partial charge >= 0.3 is 0 Å². The van der Waals surface area contributed by atoms with Gasteiger partial charge in [0, 0.05) is 5.69 Å². The summed E-state index contributed by atoms with van der Waals surface area (Å²) in [6.45, 7) is 0.402. The largest absolute Gasteiger partial charge is 0.336 e. The molecule has 0 saturated heterocycles. The van der Waals surface area contributed by atoms with Gasteiger partial charge in [0.25, 0.3) is 5.91 Å². The molecule has 2 rings (SSSR count). The molecule has 0 aliphatic heterocycles. The van der Waals surface area contributed by atoms with Crippen LogP contribution in [0.2, 0.25) is 5.02 Å². The lowest BCUT2D eigenvalue weighted by molar-refractivity contribution is -0.680. The highest BCUT2D eigenvalue weighted by atomic mass is 35.5. The van der Waals surface area contributed by atoms with Crippen molar-refractivity contribution in [3.8, 4) is 0 Å². The van der Waals surface area contributed by atoms with E-state index in [9.17, 15) is 9.18 Å². The first-order valence-electron chi connectivity index (χ1n) is 7.73. The van der Waals surface area contributed by atoms with E-state index in [1.807, 2.05) is 0 Å². The van der Waals surface area contributed by atoms with Crippen LogP contribution in [-0.2, 0) is 4.79 Å². The van der Waals surface area contributed by atoms with Crippen LogP contribution < -0.4 is 10.6 Å². The molecular formula is C16H23ClFN2O+. The second-order valence-corrected chi connectivity index (χ2v) is 6.13. The summed E-state index contributed by atoms with van der Waals surface area (Å²) in [5.74, 6) is -0.546. The third-order valence-corrected chi connectivity index (χ3v) is 4.28. The summed E-state index contributed by atoms with van der Waals surface area (Å²) < 4.78 is 13.0. The molecule has 5 heteroatoms. The molecule has 21 heavy (non-hydrogen) atoms. The van der Waals surface area contributed by atoms with Gasteiger partial charge in [-0.2, -0.15) is 0 Å². The maximum Gasteiger partial charge on any atom is 0.279 e. The van der Waals surface area contributed by atoms with Crippen molar-refractivity contribution in [2.45, 2.75) is 51.0 Å². The van der Waals surface area contributed by atoms with Gasteiger partial charge in [0.2, 0.25) is 0 Å². The van der Waals surface area contributed by atoms with Crippen molar-refractivity contribution in [1.29, 1.82) is 0 Å². The Bertz CT molecular complexity index is 473. The van der Waals surface area contributed by atoms with Gasteiger partial charge in [-0.05, 0) is 43.9 Å². The van der Waals surface area contributed by atoms with E-state index in [1.54, 1.807) is 0 Å². The summed E-state index contributed by atoms with van der Waals surface area (Å²) in [5.41, 5.74) is 0.539. The van der Waals surface area contributed by atoms with Gasteiger partial charge in [-0.3, -0.25) is 4.79 Å². The van der Waals surface area contributed by atoms with Crippen LogP contribution in [0.3, 0.4) is 0 Å². The predicted molar refractivity (Wildman–Crippen MR) is 82.9 cm³/mol. The van der Waals surface area contributed by atoms with E-state index in [0.717, 1.165) is 0 Å². The van der Waals surface area contributed by atoms with E-state index in [4.69, 9.17) is 11.6 Å². The van der Waals surface area contributed by atoms with Crippen molar-refractivity contribution >= 4 is 23.2 Å². The number of benzene rings is 1. The summed E-state index contributed by atoms with van der Waals surface area (Å²) in [6, 6.07) is 4.77. The van der Waals surface area contributed by atoms with Crippen LogP contribution in [0.25, 0.3) is 0 Å². The van der Waals surface area contributed by atoms with Crippen molar-refractivity contribution in [3.63, 3.8) is 0 Å². The van der Waals surface area contributed by atoms with Crippen molar-refractivity contribution in [1.82, 2.24) is 0 Å². The minimum absolute atomic E-state index is 0.0248. The van der Waals surface area contributed by atoms with E-state index >= 15 is 0 Å². The molecule has 0 atom stereocenters. The van der Waals surface area contributed by atoms with E-state index in [0.29, 0.717) is 18.3 Å². The number of rotatable bonds is 4. The molecule has 1 fully saturated rings. The Balaban J connectivity index is 1.77.